The zero-order valence-electron chi connectivity index (χ0n) is 10.6. The topological polar surface area (TPSA) is 58.4 Å². The lowest BCUT2D eigenvalue weighted by Gasteiger charge is -2.29. The highest BCUT2D eigenvalue weighted by molar-refractivity contribution is 5.81. The first-order chi connectivity index (χ1) is 6.83. The lowest BCUT2D eigenvalue weighted by molar-refractivity contribution is -0.130. The summed E-state index contributed by atoms with van der Waals surface area (Å²) < 4.78 is 0. The summed E-state index contributed by atoms with van der Waals surface area (Å²) in [5.74, 6) is 5.69. The third kappa shape index (κ3) is 5.14. The van der Waals surface area contributed by atoms with Crippen LogP contribution in [-0.2, 0) is 4.79 Å². The highest BCUT2D eigenvalue weighted by Crippen LogP contribution is 2.17. The number of carbonyl (C=O) groups excluding carboxylic acids is 1. The number of nitrogens with zero attached hydrogens (tertiary/aromatic N) is 1. The molecule has 15 heavy (non-hydrogen) atoms. The van der Waals surface area contributed by atoms with Crippen LogP contribution < -0.4 is 11.3 Å². The summed E-state index contributed by atoms with van der Waals surface area (Å²) in [5, 5.41) is 0. The van der Waals surface area contributed by atoms with E-state index in [0.717, 1.165) is 19.5 Å². The van der Waals surface area contributed by atoms with Gasteiger partial charge in [-0.2, -0.15) is 0 Å². The van der Waals surface area contributed by atoms with Crippen molar-refractivity contribution in [2.75, 3.05) is 20.1 Å². The van der Waals surface area contributed by atoms with Gasteiger partial charge in [0.05, 0.1) is 5.41 Å². The van der Waals surface area contributed by atoms with Crippen molar-refractivity contribution >= 4 is 5.91 Å². The van der Waals surface area contributed by atoms with Gasteiger partial charge in [-0.15, -0.1) is 0 Å². The fourth-order valence-corrected chi connectivity index (χ4v) is 1.67. The van der Waals surface area contributed by atoms with Crippen LogP contribution >= 0.6 is 0 Å². The maximum absolute atomic E-state index is 11.5. The number of nitrogens with one attached hydrogen (secondary N) is 1. The molecule has 0 spiro atoms. The van der Waals surface area contributed by atoms with Crippen LogP contribution in [0, 0.1) is 11.3 Å². The second-order valence-electron chi connectivity index (χ2n) is 5.07. The van der Waals surface area contributed by atoms with Gasteiger partial charge in [-0.3, -0.25) is 10.2 Å². The number of hydrogen-bond acceptors (Lipinski definition) is 3. The van der Waals surface area contributed by atoms with E-state index >= 15 is 0 Å². The Morgan fingerprint density at radius 2 is 2.07 bits per heavy atom. The van der Waals surface area contributed by atoms with Crippen molar-refractivity contribution in [2.24, 2.45) is 17.2 Å². The fraction of sp³-hybridized carbons (Fsp3) is 0.909. The normalized spacial score (nSPS) is 14.1. The maximum atomic E-state index is 11.5. The average molecular weight is 215 g/mol. The Bertz CT molecular complexity index is 204. The molecule has 0 heterocycles. The number of hydrazine groups is 1. The first-order valence-electron chi connectivity index (χ1n) is 5.53. The van der Waals surface area contributed by atoms with E-state index in [4.69, 9.17) is 5.84 Å². The summed E-state index contributed by atoms with van der Waals surface area (Å²) in [6.45, 7) is 9.94. The maximum Gasteiger partial charge on any atom is 0.240 e. The second-order valence-corrected chi connectivity index (χ2v) is 5.07. The van der Waals surface area contributed by atoms with Gasteiger partial charge in [-0.1, -0.05) is 20.3 Å². The molecule has 1 unspecified atom stereocenters. The highest BCUT2D eigenvalue weighted by Gasteiger charge is 2.28. The third-order valence-corrected chi connectivity index (χ3v) is 2.73. The molecular formula is C11H25N3O. The molecule has 0 aliphatic carbocycles. The highest BCUT2D eigenvalue weighted by atomic mass is 16.2. The van der Waals surface area contributed by atoms with Crippen LogP contribution in [-0.4, -0.2) is 30.9 Å². The molecule has 90 valence electrons. The van der Waals surface area contributed by atoms with E-state index in [-0.39, 0.29) is 5.91 Å². The van der Waals surface area contributed by atoms with E-state index in [1.807, 2.05) is 20.9 Å². The number of nitrogens with two attached hydrogens (primary N) is 1. The minimum Gasteiger partial charge on any atom is -0.305 e. The van der Waals surface area contributed by atoms with Gasteiger partial charge in [-0.25, -0.2) is 5.84 Å². The molecule has 0 aliphatic heterocycles. The Morgan fingerprint density at radius 3 is 2.47 bits per heavy atom. The van der Waals surface area contributed by atoms with Gasteiger partial charge in [0.25, 0.3) is 0 Å². The molecule has 1 atom stereocenters. The third-order valence-electron chi connectivity index (χ3n) is 2.73. The van der Waals surface area contributed by atoms with Crippen LogP contribution in [0.3, 0.4) is 0 Å². The lowest BCUT2D eigenvalue weighted by atomic mass is 9.91. The van der Waals surface area contributed by atoms with Gasteiger partial charge in [0, 0.05) is 13.1 Å². The number of rotatable bonds is 6. The summed E-state index contributed by atoms with van der Waals surface area (Å²) in [6.07, 6.45) is 1.16. The molecule has 0 saturated heterocycles. The lowest BCUT2D eigenvalue weighted by Crippen LogP contribution is -2.47. The minimum atomic E-state index is -0.434. The molecule has 0 rings (SSSR count). The summed E-state index contributed by atoms with van der Waals surface area (Å²) in [7, 11) is 2.04. The average Bonchev–Trinajstić information content (AvgIpc) is 2.15. The molecule has 0 saturated carbocycles. The van der Waals surface area contributed by atoms with Crippen molar-refractivity contribution in [1.29, 1.82) is 0 Å². The summed E-state index contributed by atoms with van der Waals surface area (Å²) in [6, 6.07) is 0. The molecule has 0 aliphatic rings. The van der Waals surface area contributed by atoms with E-state index in [1.165, 1.54) is 0 Å². The van der Waals surface area contributed by atoms with Crippen molar-refractivity contribution in [3.63, 3.8) is 0 Å². The SMILES string of the molecule is CCC(C)CN(C)CC(C)(C)C(=O)NN. The molecule has 1 amide bonds. The van der Waals surface area contributed by atoms with Crippen molar-refractivity contribution in [3.05, 3.63) is 0 Å². The predicted molar refractivity (Wildman–Crippen MR) is 63.1 cm³/mol. The second kappa shape index (κ2) is 6.08. The van der Waals surface area contributed by atoms with Crippen LogP contribution in [0.2, 0.25) is 0 Å². The number of carbonyl (C=O) groups is 1. The van der Waals surface area contributed by atoms with Crippen LogP contribution in [0.1, 0.15) is 34.1 Å². The van der Waals surface area contributed by atoms with E-state index in [9.17, 15) is 4.79 Å². The van der Waals surface area contributed by atoms with Gasteiger partial charge >= 0.3 is 0 Å². The zero-order chi connectivity index (χ0) is 12.1. The fourth-order valence-electron chi connectivity index (χ4n) is 1.67. The molecule has 4 heteroatoms. The Hall–Kier alpha value is -0.610. The first-order valence-corrected chi connectivity index (χ1v) is 5.53. The van der Waals surface area contributed by atoms with Gasteiger partial charge in [-0.05, 0) is 26.8 Å². The van der Waals surface area contributed by atoms with Crippen molar-refractivity contribution in [1.82, 2.24) is 10.3 Å². The van der Waals surface area contributed by atoms with E-state index in [0.29, 0.717) is 5.92 Å². The Labute approximate surface area is 93.2 Å². The molecule has 3 N–H and O–H groups in total. The Morgan fingerprint density at radius 1 is 1.53 bits per heavy atom. The summed E-state index contributed by atoms with van der Waals surface area (Å²) in [5.41, 5.74) is 1.78. The standard InChI is InChI=1S/C11H25N3O/c1-6-9(2)7-14(5)8-11(3,4)10(15)13-12/h9H,6-8,12H2,1-5H3,(H,13,15). The number of amides is 1. The largest absolute Gasteiger partial charge is 0.305 e. The molecule has 0 fully saturated rings. The zero-order valence-corrected chi connectivity index (χ0v) is 10.6. The monoisotopic (exact) mass is 215 g/mol. The molecule has 0 bridgehead atoms. The Kier molecular flexibility index (Phi) is 5.83. The first kappa shape index (κ1) is 14.4. The molecular weight excluding hydrogens is 190 g/mol. The summed E-state index contributed by atoms with van der Waals surface area (Å²) in [4.78, 5) is 13.6. The van der Waals surface area contributed by atoms with Crippen LogP contribution in [0.5, 0.6) is 0 Å². The molecule has 0 aromatic heterocycles. The van der Waals surface area contributed by atoms with Gasteiger partial charge in [0.2, 0.25) is 5.91 Å². The van der Waals surface area contributed by atoms with Crippen molar-refractivity contribution < 1.29 is 4.79 Å². The van der Waals surface area contributed by atoms with Crippen LogP contribution in [0.15, 0.2) is 0 Å². The molecule has 0 radical (unpaired) electrons. The van der Waals surface area contributed by atoms with E-state index < -0.39 is 5.41 Å². The predicted octanol–water partition coefficient (Wildman–Crippen LogP) is 0.980. The van der Waals surface area contributed by atoms with Crippen molar-refractivity contribution in [3.8, 4) is 0 Å². The van der Waals surface area contributed by atoms with Gasteiger partial charge in [0.1, 0.15) is 0 Å². The van der Waals surface area contributed by atoms with Crippen LogP contribution in [0.4, 0.5) is 0 Å². The van der Waals surface area contributed by atoms with Crippen molar-refractivity contribution in [2.45, 2.75) is 34.1 Å². The van der Waals surface area contributed by atoms with Crippen LogP contribution in [0.25, 0.3) is 0 Å². The Balaban J connectivity index is 4.15. The minimum absolute atomic E-state index is 0.112. The molecule has 0 aromatic carbocycles. The van der Waals surface area contributed by atoms with E-state index in [1.54, 1.807) is 0 Å². The molecule has 0 aromatic rings. The quantitative estimate of drug-likeness (QED) is 0.394. The van der Waals surface area contributed by atoms with Gasteiger partial charge < -0.3 is 4.90 Å². The molecule has 4 nitrogen and oxygen atoms in total. The van der Waals surface area contributed by atoms with Gasteiger partial charge in [0.15, 0.2) is 0 Å². The smallest absolute Gasteiger partial charge is 0.240 e. The summed E-state index contributed by atoms with van der Waals surface area (Å²) >= 11 is 0. The number of hydrogen-bond donors (Lipinski definition) is 2. The van der Waals surface area contributed by atoms with E-state index in [2.05, 4.69) is 24.2 Å².